The number of hydrogen-bond donors (Lipinski definition) is 5. The number of pyridine rings is 4. The minimum atomic E-state index is -1.27. The third-order valence-corrected chi connectivity index (χ3v) is 23.3. The number of methoxy groups -OCH3 is 8. The number of aromatic amines is 1. The molecule has 2 fully saturated rings. The zero-order chi connectivity index (χ0) is 97.0. The van der Waals surface area contributed by atoms with E-state index in [9.17, 15) is 60.4 Å². The van der Waals surface area contributed by atoms with E-state index in [0.29, 0.717) is 172 Å². The van der Waals surface area contributed by atoms with Gasteiger partial charge in [0.05, 0.1) is 100 Å². The van der Waals surface area contributed by atoms with E-state index in [1.54, 1.807) is 146 Å². The number of halogens is 7. The molecule has 0 saturated heterocycles. The van der Waals surface area contributed by atoms with Gasteiger partial charge in [0.15, 0.2) is 109 Å². The number of H-pyrrole nitrogens is 1. The van der Waals surface area contributed by atoms with Gasteiger partial charge in [-0.3, -0.25) is 34.1 Å². The number of ketones is 2. The van der Waals surface area contributed by atoms with Crippen LogP contribution in [0.2, 0.25) is 0 Å². The Morgan fingerprint density at radius 1 is 0.415 bits per heavy atom. The number of rotatable bonds is 28. The summed E-state index contributed by atoms with van der Waals surface area (Å²) in [7, 11) is 12.4. The van der Waals surface area contributed by atoms with Crippen molar-refractivity contribution in [1.82, 2.24) is 19.9 Å². The minimum Gasteiger partial charge on any atom is -0.493 e. The van der Waals surface area contributed by atoms with Gasteiger partial charge in [-0.1, -0.05) is 25.6 Å². The molecule has 0 radical (unpaired) electrons. The molecular weight excluding hydrogens is 1840 g/mol. The fraction of sp³-hybridized carbons (Fsp3) is 0.216. The molecule has 0 bridgehead atoms. The van der Waals surface area contributed by atoms with Crippen LogP contribution in [0.4, 0.5) is 53.5 Å². The topological polar surface area (TPSA) is 369 Å². The molecule has 2 saturated carbocycles. The van der Waals surface area contributed by atoms with Gasteiger partial charge in [0.2, 0.25) is 5.91 Å². The largest absolute Gasteiger partial charge is 0.493 e. The van der Waals surface area contributed by atoms with Crippen molar-refractivity contribution < 1.29 is 112 Å². The first kappa shape index (κ1) is 103. The number of nitrogens with two attached hydrogens (primary N) is 2. The summed E-state index contributed by atoms with van der Waals surface area (Å²) in [5, 5.41) is 26.9. The zero-order valence-corrected chi connectivity index (χ0v) is 77.0. The number of ether oxygens (including phenoxy) is 11. The molecule has 706 valence electrons. The number of nitrogens with one attached hydrogen (secondary N) is 2. The number of thioether (sulfide) groups is 4. The van der Waals surface area contributed by atoms with Gasteiger partial charge in [0, 0.05) is 118 Å². The number of benzene rings is 10. The summed E-state index contributed by atoms with van der Waals surface area (Å²) in [6, 6.07) is 46.8. The summed E-state index contributed by atoms with van der Waals surface area (Å²) in [4.78, 5) is 86.5. The van der Waals surface area contributed by atoms with Crippen molar-refractivity contribution in [2.75, 3.05) is 98.7 Å². The van der Waals surface area contributed by atoms with Gasteiger partial charge in [-0.15, -0.1) is 47.0 Å². The van der Waals surface area contributed by atoms with Crippen LogP contribution in [0.15, 0.2) is 219 Å². The lowest BCUT2D eigenvalue weighted by atomic mass is 9.88. The zero-order valence-electron chi connectivity index (χ0n) is 73.7. The number of aliphatic carboxylic acids is 1. The maximum absolute atomic E-state index is 15.2. The number of carboxylic acid groups (broad SMARTS) is 1. The number of nitro benzene ring substituents is 1. The number of Topliss-reactive ketones (excluding diaryl/α,β-unsaturated/α-hetero) is 2. The van der Waals surface area contributed by atoms with Crippen molar-refractivity contribution in [3.05, 3.63) is 266 Å². The SMILES string of the molecule is C.COc1cc2[nH]c(SC)cc(=O)c2cc1OC.COc1cc2nc(SC)cc(Oc3ccc(CC(=O)C4(C(=O)Cc5ccc(F)cc5)CC4)cc3F)c2cc1OC.COc1cc2nc(SC)cc(Oc3ccc(N)cc3F)c2cc1OC.COc1cc2nc(SC)cc(Oc3ccc(N)cc3F)c2cc1OC.O=C(O)C1(C(=O)Nc2ccc(F)cc2)CC1.O=[N+]([O-])c1ccc(F)c(F)c1. The molecule has 0 atom stereocenters. The molecule has 4 heterocycles. The van der Waals surface area contributed by atoms with E-state index < -0.39 is 68.2 Å². The Balaban J connectivity index is 0.000000175. The summed E-state index contributed by atoms with van der Waals surface area (Å²) < 4.78 is 154. The highest BCUT2D eigenvalue weighted by molar-refractivity contribution is 7.99. The van der Waals surface area contributed by atoms with Crippen molar-refractivity contribution in [3.8, 4) is 80.5 Å². The highest BCUT2D eigenvalue weighted by atomic mass is 32.2. The summed E-state index contributed by atoms with van der Waals surface area (Å²) in [5.74, 6) is -1.01. The monoisotopic (exact) mass is 1930 g/mol. The number of aromatic nitrogens is 4. The van der Waals surface area contributed by atoms with E-state index in [-0.39, 0.29) is 60.3 Å². The number of hydrogen-bond acceptors (Lipinski definition) is 27. The molecule has 16 rings (SSSR count). The lowest BCUT2D eigenvalue weighted by Gasteiger charge is -2.15. The van der Waals surface area contributed by atoms with Gasteiger partial charge >= 0.3 is 5.97 Å². The normalized spacial score (nSPS) is 12.1. The minimum absolute atomic E-state index is 0. The van der Waals surface area contributed by atoms with Crippen LogP contribution < -0.4 is 74.3 Å². The second-order valence-electron chi connectivity index (χ2n) is 29.2. The Kier molecular flexibility index (Phi) is 35.3. The Morgan fingerprint density at radius 2 is 0.778 bits per heavy atom. The van der Waals surface area contributed by atoms with E-state index >= 15 is 4.39 Å². The maximum atomic E-state index is 15.2. The number of nitrogen functional groups attached to an aromatic ring is 2. The second-order valence-corrected chi connectivity index (χ2v) is 32.5. The molecule has 0 aliphatic heterocycles. The molecule has 10 aromatic carbocycles. The lowest BCUT2D eigenvalue weighted by molar-refractivity contribution is -0.385. The molecular formula is C97H91F7N8O19S4. The number of anilines is 3. The second kappa shape index (κ2) is 46.3. The number of fused-ring (bicyclic) bond motifs is 4. The van der Waals surface area contributed by atoms with Crippen LogP contribution >= 0.6 is 47.0 Å². The number of nitrogens with zero attached hydrogens (tertiary/aromatic N) is 4. The average molecular weight is 1930 g/mol. The van der Waals surface area contributed by atoms with Crippen molar-refractivity contribution in [1.29, 1.82) is 0 Å². The van der Waals surface area contributed by atoms with Crippen LogP contribution in [-0.4, -0.2) is 135 Å². The van der Waals surface area contributed by atoms with Crippen LogP contribution in [0.25, 0.3) is 43.6 Å². The summed E-state index contributed by atoms with van der Waals surface area (Å²) >= 11 is 5.83. The fourth-order valence-electron chi connectivity index (χ4n) is 13.2. The third-order valence-electron chi connectivity index (χ3n) is 20.8. The molecule has 4 aromatic heterocycles. The van der Waals surface area contributed by atoms with Crippen LogP contribution in [0.1, 0.15) is 44.2 Å². The molecule has 0 unspecified atom stereocenters. The molecule has 135 heavy (non-hydrogen) atoms. The van der Waals surface area contributed by atoms with E-state index in [1.807, 2.05) is 25.0 Å². The molecule has 0 spiro atoms. The smallest absolute Gasteiger partial charge is 0.319 e. The van der Waals surface area contributed by atoms with Crippen molar-refractivity contribution in [3.63, 3.8) is 0 Å². The molecule has 2 aliphatic rings. The van der Waals surface area contributed by atoms with E-state index in [4.69, 9.17) is 68.7 Å². The first-order valence-corrected chi connectivity index (χ1v) is 44.9. The summed E-state index contributed by atoms with van der Waals surface area (Å²) in [6.45, 7) is 0. The van der Waals surface area contributed by atoms with Gasteiger partial charge in [-0.05, 0) is 165 Å². The molecule has 14 aromatic rings. The van der Waals surface area contributed by atoms with Crippen LogP contribution in [-0.2, 0) is 32.0 Å². The standard InChI is InChI=1S/C31H27F2NO5S.2C18H17FN2O3S.C12H13NO3S.C11H10FNO3.C6H3F2NO2.CH4/c1-37-26-15-21-23(16-27(26)38-2)34-30(40-3)17-25(21)39-24-9-6-19(12-22(24)33)14-29(36)31(10-11-31)28(35)13-18-4-7-20(32)8-5-18;2*1-22-16-7-11-13(8-17(16)23-2)21-18(25-3)9-15(11)24-14-5-4-10(20)6-12(14)19;1-15-10-4-7-8(5-11(10)16-2)13-12(17-3)6-9(7)14;12-7-1-3-8(4-2-7)13-9(14)11(5-6-11)10(15)16;7-5-2-1-4(9(10)11)3-6(5)8;/h4-9,12,15-17H,10-11,13-14H2,1-3H3;2*4-9H,20H2,1-3H3;4-6H,1-3H3,(H,13,14);1-4H,5-6H2,(H,13,14)(H,15,16);1-3H;1H4. The number of amides is 1. The molecule has 2 aliphatic carbocycles. The Labute approximate surface area is 786 Å². The lowest BCUT2D eigenvalue weighted by Crippen LogP contribution is -2.31. The quantitative estimate of drug-likeness (QED) is 0.00759. The maximum Gasteiger partial charge on any atom is 0.319 e. The highest BCUT2D eigenvalue weighted by Crippen LogP contribution is 2.51. The first-order valence-electron chi connectivity index (χ1n) is 40.0. The van der Waals surface area contributed by atoms with Crippen molar-refractivity contribution >= 4 is 137 Å². The number of carboxylic acids is 1. The summed E-state index contributed by atoms with van der Waals surface area (Å²) in [6.07, 6.45) is 9.24. The van der Waals surface area contributed by atoms with Gasteiger partial charge in [-0.2, -0.15) is 0 Å². The Bertz CT molecular complexity index is 6640. The molecule has 38 heteroatoms. The highest BCUT2D eigenvalue weighted by Gasteiger charge is 2.57. The predicted octanol–water partition coefficient (Wildman–Crippen LogP) is 22.1. The number of non-ortho nitro benzene ring substituents is 1. The fourth-order valence-corrected chi connectivity index (χ4v) is 14.9. The van der Waals surface area contributed by atoms with E-state index in [0.717, 1.165) is 26.7 Å². The van der Waals surface area contributed by atoms with Gasteiger partial charge in [0.1, 0.15) is 49.4 Å². The Hall–Kier alpha value is -14.4. The third kappa shape index (κ3) is 25.3. The number of carbonyl (C=O) groups excluding carboxylic acids is 3. The molecule has 27 nitrogen and oxygen atoms in total. The van der Waals surface area contributed by atoms with E-state index in [1.165, 1.54) is 134 Å². The number of nitro groups is 1. The molecule has 7 N–H and O–H groups in total. The predicted molar refractivity (Wildman–Crippen MR) is 507 cm³/mol. The van der Waals surface area contributed by atoms with Crippen LogP contribution in [0.3, 0.4) is 0 Å². The van der Waals surface area contributed by atoms with Gasteiger partial charge < -0.3 is 79.0 Å². The van der Waals surface area contributed by atoms with Crippen LogP contribution in [0, 0.1) is 61.7 Å². The van der Waals surface area contributed by atoms with E-state index in [2.05, 4.69) is 25.3 Å². The van der Waals surface area contributed by atoms with Gasteiger partial charge in [-0.25, -0.2) is 45.7 Å². The van der Waals surface area contributed by atoms with Gasteiger partial charge in [0.25, 0.3) is 5.69 Å². The number of carbonyl (C=O) groups is 4. The van der Waals surface area contributed by atoms with Crippen molar-refractivity contribution in [2.45, 2.75) is 66.1 Å². The molecule has 1 amide bonds. The summed E-state index contributed by atoms with van der Waals surface area (Å²) in [5.41, 5.74) is 13.2. The van der Waals surface area contributed by atoms with Crippen molar-refractivity contribution in [2.24, 2.45) is 10.8 Å². The Morgan fingerprint density at radius 3 is 1.13 bits per heavy atom. The average Bonchev–Trinajstić information content (AvgIpc) is 1.63. The first-order chi connectivity index (χ1) is 64.2. The van der Waals surface area contributed by atoms with Crippen LogP contribution in [0.5, 0.6) is 80.5 Å².